The molecular formula is C70H72F3N17. The highest BCUT2D eigenvalue weighted by molar-refractivity contribution is 5.86. The lowest BCUT2D eigenvalue weighted by molar-refractivity contribution is 0.0963. The molecule has 458 valence electrons. The Hall–Kier alpha value is -9.17. The Kier molecular flexibility index (Phi) is 15.4. The first-order valence-corrected chi connectivity index (χ1v) is 31.5. The smallest absolute Gasteiger partial charge is 0.156 e. The maximum absolute atomic E-state index is 15.2. The zero-order chi connectivity index (χ0) is 62.2. The number of halogens is 3. The minimum Gasteiger partial charge on any atom is -0.391 e. The van der Waals surface area contributed by atoms with Crippen LogP contribution in [0.4, 0.5) is 13.2 Å². The molecule has 1 saturated heterocycles. The van der Waals surface area contributed by atoms with E-state index in [2.05, 4.69) is 97.9 Å². The molecule has 20 heteroatoms. The van der Waals surface area contributed by atoms with Gasteiger partial charge in [-0.3, -0.25) is 4.90 Å². The summed E-state index contributed by atoms with van der Waals surface area (Å²) in [5.41, 5.74) is 16.5. The quantitative estimate of drug-likeness (QED) is 0.159. The van der Waals surface area contributed by atoms with Crippen molar-refractivity contribution in [2.24, 2.45) is 11.8 Å². The second kappa shape index (κ2) is 23.7. The highest BCUT2D eigenvalue weighted by Crippen LogP contribution is 2.48. The maximum Gasteiger partial charge on any atom is 0.156 e. The molecule has 16 rings (SSSR count). The van der Waals surface area contributed by atoms with E-state index in [0.717, 1.165) is 112 Å². The number of nitrogens with one attached hydrogen (secondary N) is 1. The van der Waals surface area contributed by atoms with Gasteiger partial charge in [0.1, 0.15) is 28.8 Å². The van der Waals surface area contributed by atoms with E-state index in [1.54, 1.807) is 37.8 Å². The molecule has 9 aromatic heterocycles. The molecule has 4 unspecified atom stereocenters. The van der Waals surface area contributed by atoms with Crippen molar-refractivity contribution >= 4 is 49.7 Å². The highest BCUT2D eigenvalue weighted by Gasteiger charge is 2.36. The van der Waals surface area contributed by atoms with Gasteiger partial charge in [-0.05, 0) is 214 Å². The van der Waals surface area contributed by atoms with Crippen LogP contribution >= 0.6 is 0 Å². The van der Waals surface area contributed by atoms with Crippen LogP contribution in [0.2, 0.25) is 0 Å². The molecule has 90 heavy (non-hydrogen) atoms. The fourth-order valence-electron chi connectivity index (χ4n) is 14.7. The van der Waals surface area contributed by atoms with Crippen LogP contribution in [0.25, 0.3) is 83.6 Å². The van der Waals surface area contributed by atoms with E-state index in [9.17, 15) is 4.39 Å². The van der Waals surface area contributed by atoms with E-state index in [0.29, 0.717) is 90.5 Å². The van der Waals surface area contributed by atoms with Crippen molar-refractivity contribution in [3.63, 3.8) is 0 Å². The Morgan fingerprint density at radius 3 is 1.42 bits per heavy atom. The van der Waals surface area contributed by atoms with Crippen LogP contribution < -0.4 is 5.32 Å². The number of piperidine rings is 1. The maximum atomic E-state index is 15.2. The van der Waals surface area contributed by atoms with Gasteiger partial charge in [0.15, 0.2) is 16.9 Å². The third-order valence-electron chi connectivity index (χ3n) is 19.0. The fourth-order valence-corrected chi connectivity index (χ4v) is 14.7. The number of aryl methyl sites for hydroxylation is 6. The molecule has 3 fully saturated rings. The molecule has 11 heterocycles. The van der Waals surface area contributed by atoms with Gasteiger partial charge in [-0.15, -0.1) is 10.2 Å². The van der Waals surface area contributed by atoms with E-state index >= 15 is 8.78 Å². The van der Waals surface area contributed by atoms with Crippen LogP contribution in [0.3, 0.4) is 0 Å². The molecular weight excluding hydrogens is 1140 g/mol. The van der Waals surface area contributed by atoms with Crippen molar-refractivity contribution in [1.29, 1.82) is 0 Å². The van der Waals surface area contributed by atoms with Gasteiger partial charge in [0, 0.05) is 63.7 Å². The van der Waals surface area contributed by atoms with Gasteiger partial charge in [-0.1, -0.05) is 25.8 Å². The molecule has 2 saturated carbocycles. The lowest BCUT2D eigenvalue weighted by Crippen LogP contribution is -2.45. The molecule has 0 spiro atoms. The number of fused-ring (bicyclic) bond motifs is 8. The largest absolute Gasteiger partial charge is 0.391 e. The van der Waals surface area contributed by atoms with Crippen molar-refractivity contribution < 1.29 is 13.2 Å². The lowest BCUT2D eigenvalue weighted by Gasteiger charge is -2.41. The van der Waals surface area contributed by atoms with E-state index < -0.39 is 0 Å². The second-order valence-corrected chi connectivity index (χ2v) is 25.7. The summed E-state index contributed by atoms with van der Waals surface area (Å²) in [4.78, 5) is 16.0. The number of aromatic nitrogens is 15. The SMILES string of the molecule is CCN1[C@H](C)CC(c2cc3c(F)cc(-c4cc(C)c5nc(C)cn5n4)cc3nn2)C[C@@H]1C.Cc1cn2nc(-c3cc(F)c4cc(C5CC6CC[C@H](C6)C5)nnc4c3)cc(C)c2n1.Cc1cn2nc(-c3cc4c(F)cc(C5C=CNCC5)cc4nn3)cc(C)c2n1. The molecule has 7 atom stereocenters. The molecule has 4 aliphatic rings. The zero-order valence-electron chi connectivity index (χ0n) is 52.2. The molecule has 17 nitrogen and oxygen atoms in total. The number of hydrogen-bond donors (Lipinski definition) is 1. The zero-order valence-corrected chi connectivity index (χ0v) is 52.2. The minimum atomic E-state index is -0.290. The fraction of sp³-hybridized carbons (Fsp3) is 0.371. The van der Waals surface area contributed by atoms with Gasteiger partial charge in [0.25, 0.3) is 0 Å². The standard InChI is InChI=1S/C25H29FN6.C24H24FN5.C21H19FN6/c1-6-31-16(4)8-18(9-17(31)5)22-12-20-21(26)10-19(11-24(20)29-28-22)23-7-14(2)25-27-15(3)13-32(25)30-23;1-13-5-22(29-30-12-14(2)26-24(13)30)18-9-20(25)19-11-21(27-28-23(19)10-18)17-7-15-3-4-16(6-15)8-17;1-12-7-20(27-28-11-13(2)24-21(12)28)19-10-16-17(22)8-15(9-18(16)25-26-19)14-3-5-23-6-4-14/h7,10-13,16-18H,6,8-9H2,1-5H3;5,9-12,15-17H,3-4,6-8H2,1-2H3;3,5,7-11,14,23H,4,6H2,1-2H3/t16-,17+,18?;15-,16?,17?;/m.1./s1. The Labute approximate surface area is 519 Å². The molecule has 12 aromatic rings. The van der Waals surface area contributed by atoms with Crippen molar-refractivity contribution in [3.05, 3.63) is 172 Å². The lowest BCUT2D eigenvalue weighted by atomic mass is 9.79. The number of hydrogen-bond acceptors (Lipinski definition) is 14. The van der Waals surface area contributed by atoms with Crippen molar-refractivity contribution in [2.75, 3.05) is 13.1 Å². The summed E-state index contributed by atoms with van der Waals surface area (Å²) in [6.45, 7) is 20.4. The van der Waals surface area contributed by atoms with Crippen LogP contribution in [0.1, 0.15) is 141 Å². The first-order valence-electron chi connectivity index (χ1n) is 31.5. The summed E-state index contributed by atoms with van der Waals surface area (Å²) >= 11 is 0. The number of rotatable bonds is 7. The van der Waals surface area contributed by atoms with Gasteiger partial charge in [-0.25, -0.2) is 41.7 Å². The van der Waals surface area contributed by atoms with Crippen molar-refractivity contribution in [2.45, 2.75) is 144 Å². The van der Waals surface area contributed by atoms with E-state index in [4.69, 9.17) is 0 Å². The van der Waals surface area contributed by atoms with Gasteiger partial charge in [-0.2, -0.15) is 35.7 Å². The van der Waals surface area contributed by atoms with Crippen LogP contribution in [0.5, 0.6) is 0 Å². The summed E-state index contributed by atoms with van der Waals surface area (Å²) in [5, 5.41) is 45.0. The molecule has 3 aromatic carbocycles. The number of imidazole rings is 3. The predicted octanol–water partition coefficient (Wildman–Crippen LogP) is 14.1. The summed E-state index contributed by atoms with van der Waals surface area (Å²) in [7, 11) is 0. The highest BCUT2D eigenvalue weighted by atomic mass is 19.1. The first kappa shape index (κ1) is 58.5. The Balaban J connectivity index is 0.000000118. The van der Waals surface area contributed by atoms with Gasteiger partial charge in [0.05, 0.1) is 75.0 Å². The second-order valence-electron chi connectivity index (χ2n) is 25.7. The number of benzene rings is 3. The van der Waals surface area contributed by atoms with Gasteiger partial charge >= 0.3 is 0 Å². The number of nitrogens with zero attached hydrogens (tertiary/aromatic N) is 16. The van der Waals surface area contributed by atoms with Crippen LogP contribution in [-0.4, -0.2) is 104 Å². The summed E-state index contributed by atoms with van der Waals surface area (Å²) in [6.07, 6.45) is 19.0. The third-order valence-corrected chi connectivity index (χ3v) is 19.0. The van der Waals surface area contributed by atoms with Crippen LogP contribution in [0.15, 0.2) is 104 Å². The number of likely N-dealkylation sites (tertiary alicyclic amines) is 1. The van der Waals surface area contributed by atoms with Crippen molar-refractivity contribution in [3.8, 4) is 33.9 Å². The monoisotopic (exact) mass is 1210 g/mol. The third kappa shape index (κ3) is 11.4. The molecule has 2 aliphatic heterocycles. The van der Waals surface area contributed by atoms with E-state index in [1.165, 1.54) is 32.1 Å². The van der Waals surface area contributed by atoms with E-state index in [-0.39, 0.29) is 23.4 Å². The average molecular weight is 1210 g/mol. The predicted molar refractivity (Wildman–Crippen MR) is 343 cm³/mol. The van der Waals surface area contributed by atoms with Gasteiger partial charge in [0.2, 0.25) is 0 Å². The summed E-state index contributed by atoms with van der Waals surface area (Å²) < 4.78 is 50.5. The molecule has 0 amide bonds. The molecule has 2 aliphatic carbocycles. The normalized spacial score (nSPS) is 20.9. The first-order chi connectivity index (χ1) is 43.4. The minimum absolute atomic E-state index is 0.192. The molecule has 0 radical (unpaired) electrons. The Morgan fingerprint density at radius 1 is 0.467 bits per heavy atom. The Morgan fingerprint density at radius 2 is 0.922 bits per heavy atom. The molecule has 2 bridgehead atoms. The topological polar surface area (TPSA) is 183 Å². The summed E-state index contributed by atoms with van der Waals surface area (Å²) in [6, 6.07) is 22.7. The summed E-state index contributed by atoms with van der Waals surface area (Å²) in [5.74, 6) is 1.70. The number of allylic oxidation sites excluding steroid dienone is 1. The Bertz CT molecular complexity index is 4780. The average Bonchev–Trinajstić information content (AvgIpc) is 1.45. The van der Waals surface area contributed by atoms with E-state index in [1.807, 2.05) is 115 Å². The van der Waals surface area contributed by atoms with Gasteiger partial charge < -0.3 is 5.32 Å². The molecule has 1 N–H and O–H groups in total. The van der Waals surface area contributed by atoms with Crippen LogP contribution in [-0.2, 0) is 0 Å². The van der Waals surface area contributed by atoms with Crippen molar-refractivity contribution in [1.82, 2.24) is 84.6 Å². The van der Waals surface area contributed by atoms with Crippen LogP contribution in [0, 0.1) is 70.8 Å².